The van der Waals surface area contributed by atoms with Crippen LogP contribution < -0.4 is 11.1 Å². The van der Waals surface area contributed by atoms with Gasteiger partial charge in [-0.3, -0.25) is 4.79 Å². The van der Waals surface area contributed by atoms with Crippen molar-refractivity contribution < 1.29 is 4.79 Å². The van der Waals surface area contributed by atoms with Gasteiger partial charge in [-0.2, -0.15) is 0 Å². The number of nitrogens with one attached hydrogen (secondary N) is 1. The number of amides is 1. The van der Waals surface area contributed by atoms with Gasteiger partial charge < -0.3 is 11.1 Å². The summed E-state index contributed by atoms with van der Waals surface area (Å²) in [5, 5.41) is 2.79. The third kappa shape index (κ3) is 3.61. The molecule has 1 rings (SSSR count). The van der Waals surface area contributed by atoms with Crippen LogP contribution in [0.15, 0.2) is 28.7 Å². The van der Waals surface area contributed by atoms with E-state index in [0.29, 0.717) is 0 Å². The minimum atomic E-state index is -0.517. The summed E-state index contributed by atoms with van der Waals surface area (Å²) in [7, 11) is 0. The third-order valence-electron chi connectivity index (χ3n) is 2.33. The van der Waals surface area contributed by atoms with Crippen LogP contribution in [0, 0.1) is 5.41 Å². The number of carbonyl (C=O) groups is 1. The van der Waals surface area contributed by atoms with Crippen molar-refractivity contribution in [3.63, 3.8) is 0 Å². The normalized spacial score (nSPS) is 13.3. The monoisotopic (exact) mass is 284 g/mol. The van der Waals surface area contributed by atoms with E-state index in [1.165, 1.54) is 0 Å². The van der Waals surface area contributed by atoms with Gasteiger partial charge in [0.2, 0.25) is 5.91 Å². The fourth-order valence-electron chi connectivity index (χ4n) is 1.15. The summed E-state index contributed by atoms with van der Waals surface area (Å²) in [5.74, 6) is -0.158. The highest BCUT2D eigenvalue weighted by Gasteiger charge is 2.27. The number of rotatable bonds is 2. The molecule has 0 bridgehead atoms. The first kappa shape index (κ1) is 13.2. The number of halogens is 1. The van der Waals surface area contributed by atoms with E-state index >= 15 is 0 Å². The molecule has 0 saturated heterocycles. The lowest BCUT2D eigenvalue weighted by Gasteiger charge is -2.25. The van der Waals surface area contributed by atoms with Gasteiger partial charge in [0.1, 0.15) is 0 Å². The molecule has 4 heteroatoms. The molecule has 0 aliphatic heterocycles. The number of benzene rings is 1. The van der Waals surface area contributed by atoms with Crippen LogP contribution in [0.4, 0.5) is 5.69 Å². The molecule has 1 amide bonds. The van der Waals surface area contributed by atoms with E-state index in [9.17, 15) is 4.79 Å². The van der Waals surface area contributed by atoms with Crippen LogP contribution in [0.3, 0.4) is 0 Å². The molecule has 3 nitrogen and oxygen atoms in total. The Morgan fingerprint density at radius 1 is 1.31 bits per heavy atom. The lowest BCUT2D eigenvalue weighted by molar-refractivity contribution is -0.119. The molecule has 0 aromatic heterocycles. The summed E-state index contributed by atoms with van der Waals surface area (Å²) < 4.78 is 0.977. The Balaban J connectivity index is 2.68. The summed E-state index contributed by atoms with van der Waals surface area (Å²) >= 11 is 3.33. The van der Waals surface area contributed by atoms with E-state index in [4.69, 9.17) is 5.73 Å². The average molecular weight is 285 g/mol. The largest absolute Gasteiger partial charge is 0.325 e. The molecule has 1 aromatic carbocycles. The third-order valence-corrected chi connectivity index (χ3v) is 2.86. The van der Waals surface area contributed by atoms with Crippen molar-refractivity contribution in [1.29, 1.82) is 0 Å². The molecule has 1 unspecified atom stereocenters. The predicted octanol–water partition coefficient (Wildman–Crippen LogP) is 2.76. The van der Waals surface area contributed by atoms with Gasteiger partial charge in [0.15, 0.2) is 0 Å². The van der Waals surface area contributed by atoms with Crippen LogP contribution in [-0.2, 0) is 4.79 Å². The molecule has 0 aliphatic rings. The number of nitrogens with two attached hydrogens (primary N) is 1. The van der Waals surface area contributed by atoms with Crippen LogP contribution in [-0.4, -0.2) is 11.9 Å². The van der Waals surface area contributed by atoms with E-state index in [-0.39, 0.29) is 11.3 Å². The zero-order chi connectivity index (χ0) is 12.3. The second-order valence-electron chi connectivity index (χ2n) is 4.84. The lowest BCUT2D eigenvalue weighted by atomic mass is 9.87. The zero-order valence-electron chi connectivity index (χ0n) is 9.75. The van der Waals surface area contributed by atoms with E-state index in [2.05, 4.69) is 21.2 Å². The summed E-state index contributed by atoms with van der Waals surface area (Å²) in [6.07, 6.45) is 0. The van der Waals surface area contributed by atoms with Gasteiger partial charge >= 0.3 is 0 Å². The van der Waals surface area contributed by atoms with Gasteiger partial charge in [0.05, 0.1) is 6.04 Å². The molecule has 0 heterocycles. The molecular weight excluding hydrogens is 268 g/mol. The highest BCUT2D eigenvalue weighted by molar-refractivity contribution is 9.10. The Bertz CT molecular complexity index is 368. The maximum Gasteiger partial charge on any atom is 0.241 e. The Morgan fingerprint density at radius 2 is 1.81 bits per heavy atom. The van der Waals surface area contributed by atoms with E-state index in [1.807, 2.05) is 45.0 Å². The number of hydrogen-bond acceptors (Lipinski definition) is 2. The Hall–Kier alpha value is -0.870. The minimum Gasteiger partial charge on any atom is -0.325 e. The highest BCUT2D eigenvalue weighted by Crippen LogP contribution is 2.19. The molecule has 1 aromatic rings. The average Bonchev–Trinajstić information content (AvgIpc) is 2.19. The van der Waals surface area contributed by atoms with Crippen molar-refractivity contribution in [2.75, 3.05) is 5.32 Å². The Kier molecular flexibility index (Phi) is 4.10. The van der Waals surface area contributed by atoms with Gasteiger partial charge in [0.25, 0.3) is 0 Å². The topological polar surface area (TPSA) is 55.1 Å². The van der Waals surface area contributed by atoms with Crippen LogP contribution in [0.25, 0.3) is 0 Å². The maximum atomic E-state index is 11.8. The highest BCUT2D eigenvalue weighted by atomic mass is 79.9. The van der Waals surface area contributed by atoms with E-state index in [0.717, 1.165) is 10.2 Å². The molecule has 0 radical (unpaired) electrons. The molecule has 16 heavy (non-hydrogen) atoms. The molecule has 1 atom stereocenters. The second-order valence-corrected chi connectivity index (χ2v) is 5.76. The van der Waals surface area contributed by atoms with Gasteiger partial charge in [-0.05, 0) is 29.7 Å². The predicted molar refractivity (Wildman–Crippen MR) is 70.2 cm³/mol. The van der Waals surface area contributed by atoms with Crippen LogP contribution in [0.2, 0.25) is 0 Å². The van der Waals surface area contributed by atoms with E-state index in [1.54, 1.807) is 0 Å². The van der Waals surface area contributed by atoms with Crippen molar-refractivity contribution >= 4 is 27.5 Å². The summed E-state index contributed by atoms with van der Waals surface area (Å²) in [6.45, 7) is 5.83. The summed E-state index contributed by atoms with van der Waals surface area (Å²) in [6, 6.07) is 6.89. The van der Waals surface area contributed by atoms with Crippen molar-refractivity contribution in [1.82, 2.24) is 0 Å². The Morgan fingerprint density at radius 3 is 2.25 bits per heavy atom. The number of anilines is 1. The number of hydrogen-bond donors (Lipinski definition) is 2. The van der Waals surface area contributed by atoms with E-state index < -0.39 is 6.04 Å². The standard InChI is InChI=1S/C12H17BrN2O/c1-12(2,3)10(14)11(16)15-9-6-4-8(13)5-7-9/h4-7,10H,14H2,1-3H3,(H,15,16). The second kappa shape index (κ2) is 4.97. The van der Waals surface area contributed by atoms with Crippen molar-refractivity contribution in [3.05, 3.63) is 28.7 Å². The van der Waals surface area contributed by atoms with Gasteiger partial charge in [0, 0.05) is 10.2 Å². The SMILES string of the molecule is CC(C)(C)C(N)C(=O)Nc1ccc(Br)cc1. The fraction of sp³-hybridized carbons (Fsp3) is 0.417. The molecule has 0 saturated carbocycles. The zero-order valence-corrected chi connectivity index (χ0v) is 11.3. The number of carbonyl (C=O) groups excluding carboxylic acids is 1. The van der Waals surface area contributed by atoms with Gasteiger partial charge in [-0.15, -0.1) is 0 Å². The fourth-order valence-corrected chi connectivity index (χ4v) is 1.41. The maximum absolute atomic E-state index is 11.8. The first-order valence-electron chi connectivity index (χ1n) is 5.13. The smallest absolute Gasteiger partial charge is 0.241 e. The van der Waals surface area contributed by atoms with Crippen molar-refractivity contribution in [3.8, 4) is 0 Å². The molecule has 3 N–H and O–H groups in total. The lowest BCUT2D eigenvalue weighted by Crippen LogP contribution is -2.45. The first-order valence-corrected chi connectivity index (χ1v) is 5.92. The quantitative estimate of drug-likeness (QED) is 0.877. The molecule has 0 aliphatic carbocycles. The molecule has 88 valence electrons. The van der Waals surface area contributed by atoms with Crippen LogP contribution in [0.5, 0.6) is 0 Å². The van der Waals surface area contributed by atoms with Crippen LogP contribution in [0.1, 0.15) is 20.8 Å². The minimum absolute atomic E-state index is 0.158. The van der Waals surface area contributed by atoms with Crippen LogP contribution >= 0.6 is 15.9 Å². The van der Waals surface area contributed by atoms with Gasteiger partial charge in [-0.25, -0.2) is 0 Å². The Labute approximate surface area is 105 Å². The van der Waals surface area contributed by atoms with Gasteiger partial charge in [-0.1, -0.05) is 36.7 Å². The van der Waals surface area contributed by atoms with Crippen molar-refractivity contribution in [2.24, 2.45) is 11.1 Å². The molecular formula is C12H17BrN2O. The molecule has 0 fully saturated rings. The summed E-state index contributed by atoms with van der Waals surface area (Å²) in [4.78, 5) is 11.8. The first-order chi connectivity index (χ1) is 7.30. The molecule has 0 spiro atoms. The van der Waals surface area contributed by atoms with Crippen molar-refractivity contribution in [2.45, 2.75) is 26.8 Å². The summed E-state index contributed by atoms with van der Waals surface area (Å²) in [5.41, 5.74) is 6.37.